The van der Waals surface area contributed by atoms with Gasteiger partial charge in [0.2, 0.25) is 5.91 Å². The lowest BCUT2D eigenvalue weighted by Crippen LogP contribution is -2.25. The number of amides is 1. The number of imidazole rings is 1. The van der Waals surface area contributed by atoms with E-state index in [1.807, 2.05) is 41.1 Å². The van der Waals surface area contributed by atoms with Crippen LogP contribution in [0.4, 0.5) is 5.69 Å². The average molecular weight is 359 g/mol. The highest BCUT2D eigenvalue weighted by atomic mass is 16.5. The lowest BCUT2D eigenvalue weighted by molar-refractivity contribution is -0.116. The third kappa shape index (κ3) is 2.55. The van der Waals surface area contributed by atoms with Gasteiger partial charge < -0.3 is 14.6 Å². The number of aromatic amines is 1. The summed E-state index contributed by atoms with van der Waals surface area (Å²) in [6.07, 6.45) is 5.82. The quantitative estimate of drug-likeness (QED) is 0.588. The fourth-order valence-electron chi connectivity index (χ4n) is 3.67. The molecule has 0 spiro atoms. The molecule has 1 aliphatic heterocycles. The number of nitrogens with zero attached hydrogens (tertiary/aromatic N) is 3. The Bertz CT molecular complexity index is 1140. The molecule has 134 valence electrons. The molecular formula is C20H17N5O2. The molecule has 7 heteroatoms. The Morgan fingerprint density at radius 3 is 2.89 bits per heavy atom. The minimum absolute atomic E-state index is 0.0179. The van der Waals surface area contributed by atoms with Gasteiger partial charge in [0.05, 0.1) is 24.7 Å². The summed E-state index contributed by atoms with van der Waals surface area (Å²) in [5.74, 6) is 1.48. The van der Waals surface area contributed by atoms with Gasteiger partial charge in [-0.3, -0.25) is 9.89 Å². The van der Waals surface area contributed by atoms with Crippen LogP contribution in [0.15, 0.2) is 55.0 Å². The molecule has 2 N–H and O–H groups in total. The van der Waals surface area contributed by atoms with E-state index in [9.17, 15) is 4.79 Å². The molecule has 0 saturated heterocycles. The summed E-state index contributed by atoms with van der Waals surface area (Å²) in [5, 5.41) is 11.0. The van der Waals surface area contributed by atoms with Gasteiger partial charge >= 0.3 is 0 Å². The number of ether oxygens (including phenoxy) is 1. The van der Waals surface area contributed by atoms with Crippen molar-refractivity contribution in [2.45, 2.75) is 12.3 Å². The Morgan fingerprint density at radius 2 is 2.07 bits per heavy atom. The Balaban J connectivity index is 1.63. The van der Waals surface area contributed by atoms with E-state index in [0.29, 0.717) is 6.42 Å². The monoisotopic (exact) mass is 359 g/mol. The van der Waals surface area contributed by atoms with Crippen LogP contribution in [0.2, 0.25) is 0 Å². The minimum Gasteiger partial charge on any atom is -0.497 e. The maximum absolute atomic E-state index is 12.3. The first kappa shape index (κ1) is 15.6. The second-order valence-electron chi connectivity index (χ2n) is 6.56. The van der Waals surface area contributed by atoms with Crippen molar-refractivity contribution >= 4 is 22.5 Å². The topological polar surface area (TPSA) is 84.8 Å². The SMILES string of the molecule is COc1ccc(-n2ccnc2[C@H]2CC(=O)Nc3cc4[nH]ncc4cc32)cc1. The number of fused-ring (bicyclic) bond motifs is 2. The molecule has 1 atom stereocenters. The standard InChI is InChI=1S/C20H17N5O2/c1-27-14-4-2-13(3-5-14)25-7-6-21-20(25)16-9-19(26)23-18-10-17-12(8-15(16)18)11-22-24-17/h2-8,10-11,16H,9H2,1H3,(H,22,24)(H,23,26)/t16-/m0/s1. The molecule has 2 aromatic heterocycles. The molecule has 0 aliphatic carbocycles. The predicted octanol–water partition coefficient (Wildman–Crippen LogP) is 3.23. The highest BCUT2D eigenvalue weighted by Crippen LogP contribution is 2.39. The number of benzene rings is 2. The van der Waals surface area contributed by atoms with Gasteiger partial charge in [0.15, 0.2) is 0 Å². The summed E-state index contributed by atoms with van der Waals surface area (Å²) in [4.78, 5) is 16.9. The van der Waals surface area contributed by atoms with Gasteiger partial charge in [-0.25, -0.2) is 4.98 Å². The van der Waals surface area contributed by atoms with Crippen molar-refractivity contribution in [3.8, 4) is 11.4 Å². The molecule has 1 aliphatic rings. The maximum atomic E-state index is 12.3. The van der Waals surface area contributed by atoms with Gasteiger partial charge in [0.25, 0.3) is 0 Å². The summed E-state index contributed by atoms with van der Waals surface area (Å²) in [7, 11) is 1.64. The second-order valence-corrected chi connectivity index (χ2v) is 6.56. The highest BCUT2D eigenvalue weighted by molar-refractivity contribution is 5.98. The van der Waals surface area contributed by atoms with E-state index in [-0.39, 0.29) is 11.8 Å². The predicted molar refractivity (Wildman–Crippen MR) is 101 cm³/mol. The lowest BCUT2D eigenvalue weighted by Gasteiger charge is -2.26. The van der Waals surface area contributed by atoms with E-state index in [0.717, 1.165) is 39.4 Å². The number of hydrogen-bond acceptors (Lipinski definition) is 4. The number of carbonyl (C=O) groups excluding carboxylic acids is 1. The van der Waals surface area contributed by atoms with E-state index in [1.165, 1.54) is 0 Å². The molecule has 0 fully saturated rings. The Kier molecular flexibility index (Phi) is 3.46. The van der Waals surface area contributed by atoms with Crippen molar-refractivity contribution < 1.29 is 9.53 Å². The number of H-pyrrole nitrogens is 1. The van der Waals surface area contributed by atoms with Crippen LogP contribution in [-0.2, 0) is 4.79 Å². The van der Waals surface area contributed by atoms with Gasteiger partial charge in [-0.05, 0) is 42.0 Å². The van der Waals surface area contributed by atoms with Crippen LogP contribution in [0.5, 0.6) is 5.75 Å². The molecule has 0 radical (unpaired) electrons. The van der Waals surface area contributed by atoms with Crippen molar-refractivity contribution in [1.29, 1.82) is 0 Å². The largest absolute Gasteiger partial charge is 0.497 e. The van der Waals surface area contributed by atoms with E-state index in [2.05, 4.69) is 26.6 Å². The average Bonchev–Trinajstić information content (AvgIpc) is 3.35. The van der Waals surface area contributed by atoms with Crippen LogP contribution in [0, 0.1) is 0 Å². The first-order chi connectivity index (χ1) is 13.2. The minimum atomic E-state index is -0.134. The molecule has 27 heavy (non-hydrogen) atoms. The Hall–Kier alpha value is -3.61. The van der Waals surface area contributed by atoms with Crippen molar-refractivity contribution in [3.63, 3.8) is 0 Å². The lowest BCUT2D eigenvalue weighted by atomic mass is 9.89. The molecule has 1 amide bonds. The first-order valence-electron chi connectivity index (χ1n) is 8.67. The molecule has 3 heterocycles. The summed E-state index contributed by atoms with van der Waals surface area (Å²) in [5.41, 5.74) is 3.72. The van der Waals surface area contributed by atoms with Crippen LogP contribution >= 0.6 is 0 Å². The second kappa shape index (κ2) is 5.98. The van der Waals surface area contributed by atoms with Gasteiger partial charge in [0, 0.05) is 35.6 Å². The Morgan fingerprint density at radius 1 is 1.22 bits per heavy atom. The molecule has 2 aromatic carbocycles. The summed E-state index contributed by atoms with van der Waals surface area (Å²) in [6.45, 7) is 0. The van der Waals surface area contributed by atoms with Crippen LogP contribution in [0.1, 0.15) is 23.7 Å². The van der Waals surface area contributed by atoms with Crippen molar-refractivity contribution in [3.05, 3.63) is 66.4 Å². The summed E-state index contributed by atoms with van der Waals surface area (Å²) in [6, 6.07) is 11.8. The first-order valence-corrected chi connectivity index (χ1v) is 8.67. The van der Waals surface area contributed by atoms with Gasteiger partial charge in [-0.15, -0.1) is 0 Å². The number of anilines is 1. The van der Waals surface area contributed by atoms with Crippen molar-refractivity contribution in [2.75, 3.05) is 12.4 Å². The van der Waals surface area contributed by atoms with E-state index >= 15 is 0 Å². The number of rotatable bonds is 3. The van der Waals surface area contributed by atoms with Crippen LogP contribution in [0.25, 0.3) is 16.6 Å². The number of aromatic nitrogens is 4. The third-order valence-electron chi connectivity index (χ3n) is 4.98. The van der Waals surface area contributed by atoms with Crippen molar-refractivity contribution in [2.24, 2.45) is 0 Å². The molecule has 0 bridgehead atoms. The number of hydrogen-bond donors (Lipinski definition) is 2. The maximum Gasteiger partial charge on any atom is 0.225 e. The fraction of sp³-hybridized carbons (Fsp3) is 0.150. The highest BCUT2D eigenvalue weighted by Gasteiger charge is 2.30. The van der Waals surface area contributed by atoms with E-state index < -0.39 is 0 Å². The zero-order valence-corrected chi connectivity index (χ0v) is 14.6. The zero-order valence-electron chi connectivity index (χ0n) is 14.6. The molecule has 4 aromatic rings. The van der Waals surface area contributed by atoms with Gasteiger partial charge in [-0.2, -0.15) is 5.10 Å². The Labute approximate surface area is 155 Å². The van der Waals surface area contributed by atoms with Crippen LogP contribution in [-0.4, -0.2) is 32.8 Å². The number of carbonyl (C=O) groups is 1. The molecule has 7 nitrogen and oxygen atoms in total. The molecule has 5 rings (SSSR count). The van der Waals surface area contributed by atoms with Crippen molar-refractivity contribution in [1.82, 2.24) is 19.7 Å². The zero-order chi connectivity index (χ0) is 18.4. The van der Waals surface area contributed by atoms with Gasteiger partial charge in [0.1, 0.15) is 11.6 Å². The molecule has 0 saturated carbocycles. The summed E-state index contributed by atoms with van der Waals surface area (Å²) < 4.78 is 7.26. The smallest absolute Gasteiger partial charge is 0.225 e. The van der Waals surface area contributed by atoms with E-state index in [1.54, 1.807) is 19.5 Å². The fourth-order valence-corrected chi connectivity index (χ4v) is 3.67. The normalized spacial score (nSPS) is 16.2. The van der Waals surface area contributed by atoms with Crippen LogP contribution < -0.4 is 10.1 Å². The number of methoxy groups -OCH3 is 1. The summed E-state index contributed by atoms with van der Waals surface area (Å²) >= 11 is 0. The van der Waals surface area contributed by atoms with Gasteiger partial charge in [-0.1, -0.05) is 0 Å². The number of nitrogens with one attached hydrogen (secondary N) is 2. The van der Waals surface area contributed by atoms with E-state index in [4.69, 9.17) is 4.74 Å². The molecular weight excluding hydrogens is 342 g/mol. The van der Waals surface area contributed by atoms with Crippen LogP contribution in [0.3, 0.4) is 0 Å². The third-order valence-corrected chi connectivity index (χ3v) is 4.98. The molecule has 0 unspecified atom stereocenters.